The van der Waals surface area contributed by atoms with Gasteiger partial charge >= 0.3 is 0 Å². The van der Waals surface area contributed by atoms with Gasteiger partial charge in [0.25, 0.3) is 0 Å². The van der Waals surface area contributed by atoms with Crippen molar-refractivity contribution in [2.24, 2.45) is 10.2 Å². The van der Waals surface area contributed by atoms with Gasteiger partial charge in [-0.3, -0.25) is 15.0 Å². The molecule has 3 heterocycles. The Balaban J connectivity index is 1.41. The van der Waals surface area contributed by atoms with Gasteiger partial charge < -0.3 is 5.32 Å². The second kappa shape index (κ2) is 10.6. The van der Waals surface area contributed by atoms with Crippen molar-refractivity contribution in [1.82, 2.24) is 20.3 Å². The molecule has 0 saturated heterocycles. The molecule has 0 aliphatic carbocycles. The summed E-state index contributed by atoms with van der Waals surface area (Å²) in [5, 5.41) is 22.7. The smallest absolute Gasteiger partial charge is 0.127 e. The standard InChI is InChI=1S/C25H21N7S/c1-17-10-20(7-9-29-17)24-22(13-26)11-18(15-31-24)14-28-16-33-25(32-27-2)21-5-6-23-19(12-21)4-3-8-30-23/h3-12,15,28H,2,14,16H2,1H3/b32-25-. The van der Waals surface area contributed by atoms with Gasteiger partial charge in [-0.25, -0.2) is 0 Å². The van der Waals surface area contributed by atoms with Gasteiger partial charge in [-0.15, -0.1) is 5.10 Å². The molecule has 0 atom stereocenters. The number of hydrogen-bond acceptors (Lipinski definition) is 8. The van der Waals surface area contributed by atoms with Crippen LogP contribution in [0.3, 0.4) is 0 Å². The Hall–Kier alpha value is -3.93. The van der Waals surface area contributed by atoms with Crippen molar-refractivity contribution in [2.75, 3.05) is 5.88 Å². The molecule has 0 unspecified atom stereocenters. The second-order valence-corrected chi connectivity index (χ2v) is 8.17. The highest BCUT2D eigenvalue weighted by molar-refractivity contribution is 8.14. The summed E-state index contributed by atoms with van der Waals surface area (Å²) in [6, 6.07) is 17.8. The van der Waals surface area contributed by atoms with Gasteiger partial charge in [0, 0.05) is 59.9 Å². The Morgan fingerprint density at radius 3 is 2.85 bits per heavy atom. The number of aryl methyl sites for hydroxylation is 1. The fourth-order valence-corrected chi connectivity index (χ4v) is 4.12. The molecule has 0 fully saturated rings. The first-order valence-electron chi connectivity index (χ1n) is 10.2. The van der Waals surface area contributed by atoms with Gasteiger partial charge in [0.2, 0.25) is 0 Å². The van der Waals surface area contributed by atoms with Gasteiger partial charge in [-0.05, 0) is 48.9 Å². The number of nitrogens with zero attached hydrogens (tertiary/aromatic N) is 6. The summed E-state index contributed by atoms with van der Waals surface area (Å²) in [5.41, 5.74) is 5.79. The van der Waals surface area contributed by atoms with Crippen molar-refractivity contribution in [3.05, 3.63) is 89.5 Å². The Bertz CT molecular complexity index is 1370. The summed E-state index contributed by atoms with van der Waals surface area (Å²) in [4.78, 5) is 13.1. The number of nitriles is 1. The fourth-order valence-electron chi connectivity index (χ4n) is 3.37. The van der Waals surface area contributed by atoms with Gasteiger partial charge in [0.05, 0.1) is 16.8 Å². The molecule has 1 aromatic carbocycles. The van der Waals surface area contributed by atoms with Crippen LogP contribution < -0.4 is 5.32 Å². The first-order valence-corrected chi connectivity index (χ1v) is 11.2. The summed E-state index contributed by atoms with van der Waals surface area (Å²) < 4.78 is 0. The number of aromatic nitrogens is 3. The molecule has 3 aromatic heterocycles. The highest BCUT2D eigenvalue weighted by atomic mass is 32.2. The van der Waals surface area contributed by atoms with Crippen molar-refractivity contribution in [3.8, 4) is 17.3 Å². The largest absolute Gasteiger partial charge is 0.303 e. The van der Waals surface area contributed by atoms with Crippen LogP contribution in [0.4, 0.5) is 0 Å². The first-order chi connectivity index (χ1) is 16.2. The molecule has 33 heavy (non-hydrogen) atoms. The molecular weight excluding hydrogens is 430 g/mol. The lowest BCUT2D eigenvalue weighted by molar-refractivity contribution is 0.793. The van der Waals surface area contributed by atoms with E-state index in [0.29, 0.717) is 23.7 Å². The van der Waals surface area contributed by atoms with E-state index in [1.165, 1.54) is 11.8 Å². The lowest BCUT2D eigenvalue weighted by Gasteiger charge is -2.09. The van der Waals surface area contributed by atoms with Crippen LogP contribution in [-0.4, -0.2) is 32.6 Å². The van der Waals surface area contributed by atoms with Crippen LogP contribution in [0.25, 0.3) is 22.2 Å². The minimum Gasteiger partial charge on any atom is -0.303 e. The SMILES string of the molecule is C=N/N=C(\SCNCc1cnc(-c2ccnc(C)c2)c(C#N)c1)c1ccc2ncccc2c1. The molecule has 0 saturated carbocycles. The lowest BCUT2D eigenvalue weighted by Crippen LogP contribution is -2.14. The third-order valence-corrected chi connectivity index (χ3v) is 5.83. The van der Waals surface area contributed by atoms with Crippen molar-refractivity contribution < 1.29 is 0 Å². The van der Waals surface area contributed by atoms with Crippen LogP contribution in [0, 0.1) is 18.3 Å². The lowest BCUT2D eigenvalue weighted by atomic mass is 10.1. The Labute approximate surface area is 196 Å². The minimum atomic E-state index is 0.537. The van der Waals surface area contributed by atoms with E-state index in [-0.39, 0.29) is 0 Å². The number of thioether (sulfide) groups is 1. The summed E-state index contributed by atoms with van der Waals surface area (Å²) in [5.74, 6) is 0.604. The Morgan fingerprint density at radius 2 is 2.03 bits per heavy atom. The number of hydrogen-bond donors (Lipinski definition) is 1. The Morgan fingerprint density at radius 1 is 1.12 bits per heavy atom. The average molecular weight is 452 g/mol. The van der Waals surface area contributed by atoms with E-state index >= 15 is 0 Å². The van der Waals surface area contributed by atoms with Crippen molar-refractivity contribution in [3.63, 3.8) is 0 Å². The van der Waals surface area contributed by atoms with E-state index < -0.39 is 0 Å². The average Bonchev–Trinajstić information content (AvgIpc) is 2.85. The van der Waals surface area contributed by atoms with Crippen molar-refractivity contribution in [2.45, 2.75) is 13.5 Å². The van der Waals surface area contributed by atoms with Crippen LogP contribution in [0.5, 0.6) is 0 Å². The maximum Gasteiger partial charge on any atom is 0.127 e. The molecule has 4 aromatic rings. The molecule has 8 heteroatoms. The van der Waals surface area contributed by atoms with E-state index in [4.69, 9.17) is 0 Å². The van der Waals surface area contributed by atoms with Crippen LogP contribution in [0.2, 0.25) is 0 Å². The van der Waals surface area contributed by atoms with Crippen molar-refractivity contribution in [1.29, 1.82) is 5.26 Å². The van der Waals surface area contributed by atoms with Crippen LogP contribution in [-0.2, 0) is 6.54 Å². The highest BCUT2D eigenvalue weighted by Crippen LogP contribution is 2.22. The quantitative estimate of drug-likeness (QED) is 0.144. The number of pyridine rings is 3. The molecule has 7 nitrogen and oxygen atoms in total. The number of nitrogens with one attached hydrogen (secondary N) is 1. The molecule has 162 valence electrons. The monoisotopic (exact) mass is 451 g/mol. The first kappa shape index (κ1) is 22.3. The topological polar surface area (TPSA) is 99.2 Å². The maximum absolute atomic E-state index is 9.61. The molecule has 0 bridgehead atoms. The van der Waals surface area contributed by atoms with Crippen LogP contribution >= 0.6 is 11.8 Å². The molecule has 1 N–H and O–H groups in total. The van der Waals surface area contributed by atoms with E-state index in [9.17, 15) is 5.26 Å². The van der Waals surface area contributed by atoms with Gasteiger partial charge in [0.1, 0.15) is 11.1 Å². The summed E-state index contributed by atoms with van der Waals surface area (Å²) in [6.07, 6.45) is 5.29. The molecule has 4 rings (SSSR count). The predicted octanol–water partition coefficient (Wildman–Crippen LogP) is 4.71. The van der Waals surface area contributed by atoms with Crippen LogP contribution in [0.15, 0.2) is 77.3 Å². The number of benzene rings is 1. The minimum absolute atomic E-state index is 0.537. The summed E-state index contributed by atoms with van der Waals surface area (Å²) in [6.45, 7) is 5.98. The molecule has 0 aliphatic heterocycles. The van der Waals surface area contributed by atoms with Crippen molar-refractivity contribution >= 4 is 34.4 Å². The van der Waals surface area contributed by atoms with Gasteiger partial charge in [-0.1, -0.05) is 23.9 Å². The predicted molar refractivity (Wildman–Crippen MR) is 134 cm³/mol. The zero-order valence-electron chi connectivity index (χ0n) is 18.1. The Kier molecular flexibility index (Phi) is 7.15. The maximum atomic E-state index is 9.61. The third-order valence-electron chi connectivity index (χ3n) is 4.89. The molecule has 0 radical (unpaired) electrons. The van der Waals surface area contributed by atoms with E-state index in [0.717, 1.165) is 38.3 Å². The van der Waals surface area contributed by atoms with Gasteiger partial charge in [-0.2, -0.15) is 10.4 Å². The van der Waals surface area contributed by atoms with Crippen LogP contribution in [0.1, 0.15) is 22.4 Å². The normalized spacial score (nSPS) is 11.3. The van der Waals surface area contributed by atoms with E-state index in [1.54, 1.807) is 18.6 Å². The fraction of sp³-hybridized carbons (Fsp3) is 0.120. The van der Waals surface area contributed by atoms with E-state index in [1.807, 2.05) is 55.5 Å². The molecule has 0 aliphatic rings. The van der Waals surface area contributed by atoms with Gasteiger partial charge in [0.15, 0.2) is 0 Å². The number of fused-ring (bicyclic) bond motifs is 1. The summed E-state index contributed by atoms with van der Waals surface area (Å²) in [7, 11) is 0. The summed E-state index contributed by atoms with van der Waals surface area (Å²) >= 11 is 1.53. The zero-order valence-corrected chi connectivity index (χ0v) is 18.9. The number of rotatable bonds is 7. The molecule has 0 spiro atoms. The second-order valence-electron chi connectivity index (χ2n) is 7.21. The molecular formula is C25H21N7S. The zero-order chi connectivity index (χ0) is 23.0. The van der Waals surface area contributed by atoms with E-state index in [2.05, 4.69) is 43.3 Å². The highest BCUT2D eigenvalue weighted by Gasteiger charge is 2.10. The molecule has 0 amide bonds. The third kappa shape index (κ3) is 5.47.